The number of primary amides is 1. The summed E-state index contributed by atoms with van der Waals surface area (Å²) in [6.45, 7) is 0.173. The number of amides is 2. The summed E-state index contributed by atoms with van der Waals surface area (Å²) in [6.07, 6.45) is 4.56. The Morgan fingerprint density at radius 1 is 1.38 bits per heavy atom. The van der Waals surface area contributed by atoms with Crippen molar-refractivity contribution in [1.82, 2.24) is 15.1 Å². The lowest BCUT2D eigenvalue weighted by molar-refractivity contribution is -0.123. The summed E-state index contributed by atoms with van der Waals surface area (Å²) < 4.78 is 14.7. The number of aryl methyl sites for hydroxylation is 2. The number of hydrogen-bond donors (Lipinski definition) is 2. The third kappa shape index (κ3) is 5.49. The highest BCUT2D eigenvalue weighted by atomic mass is 19.1. The van der Waals surface area contributed by atoms with E-state index in [1.165, 1.54) is 12.1 Å². The minimum Gasteiger partial charge on any atom is -0.369 e. The van der Waals surface area contributed by atoms with Gasteiger partial charge >= 0.3 is 0 Å². The van der Waals surface area contributed by atoms with Crippen LogP contribution in [0.2, 0.25) is 0 Å². The fraction of sp³-hybridized carbons (Fsp3) is 0.353. The van der Waals surface area contributed by atoms with Gasteiger partial charge in [-0.2, -0.15) is 5.10 Å². The van der Waals surface area contributed by atoms with Crippen molar-refractivity contribution in [2.24, 2.45) is 18.7 Å². The number of carbonyl (C=O) groups is 2. The molecule has 1 aromatic heterocycles. The third-order valence-electron chi connectivity index (χ3n) is 3.72. The third-order valence-corrected chi connectivity index (χ3v) is 3.72. The topological polar surface area (TPSA) is 90.0 Å². The lowest BCUT2D eigenvalue weighted by Crippen LogP contribution is -2.37. The number of rotatable bonds is 8. The first-order valence-corrected chi connectivity index (χ1v) is 7.72. The predicted molar refractivity (Wildman–Crippen MR) is 87.3 cm³/mol. The van der Waals surface area contributed by atoms with E-state index in [0.29, 0.717) is 12.8 Å². The lowest BCUT2D eigenvalue weighted by atomic mass is 10.0. The van der Waals surface area contributed by atoms with Crippen molar-refractivity contribution in [3.05, 3.63) is 53.6 Å². The Bertz CT molecular complexity index is 714. The van der Waals surface area contributed by atoms with E-state index in [1.807, 2.05) is 6.20 Å². The first-order valence-electron chi connectivity index (χ1n) is 7.72. The zero-order valence-electron chi connectivity index (χ0n) is 13.5. The van der Waals surface area contributed by atoms with Crippen LogP contribution in [0.1, 0.15) is 17.5 Å². The maximum atomic E-state index is 13.1. The van der Waals surface area contributed by atoms with E-state index in [-0.39, 0.29) is 24.7 Å². The highest BCUT2D eigenvalue weighted by Gasteiger charge is 2.18. The fourth-order valence-electron chi connectivity index (χ4n) is 2.41. The number of carbonyl (C=O) groups excluding carboxylic acids is 2. The van der Waals surface area contributed by atoms with Crippen LogP contribution in [0, 0.1) is 11.7 Å². The SMILES string of the molecule is Cn1cc(CC(CNC(=O)CCc2cccc(F)c2)C(N)=O)cn1. The van der Waals surface area contributed by atoms with E-state index in [9.17, 15) is 14.0 Å². The molecule has 24 heavy (non-hydrogen) atoms. The molecule has 7 heteroatoms. The zero-order chi connectivity index (χ0) is 17.5. The molecule has 0 radical (unpaired) electrons. The van der Waals surface area contributed by atoms with Gasteiger partial charge in [0.2, 0.25) is 11.8 Å². The normalized spacial score (nSPS) is 11.9. The van der Waals surface area contributed by atoms with Gasteiger partial charge < -0.3 is 11.1 Å². The van der Waals surface area contributed by atoms with Crippen LogP contribution in [0.3, 0.4) is 0 Å². The number of nitrogens with one attached hydrogen (secondary N) is 1. The molecule has 0 saturated carbocycles. The van der Waals surface area contributed by atoms with E-state index in [0.717, 1.165) is 11.1 Å². The molecular formula is C17H21FN4O2. The zero-order valence-corrected chi connectivity index (χ0v) is 13.5. The molecule has 2 aromatic rings. The van der Waals surface area contributed by atoms with Gasteiger partial charge in [0, 0.05) is 26.2 Å². The Morgan fingerprint density at radius 2 is 2.17 bits per heavy atom. The molecule has 6 nitrogen and oxygen atoms in total. The first-order chi connectivity index (χ1) is 11.4. The van der Waals surface area contributed by atoms with Crippen LogP contribution in [0.5, 0.6) is 0 Å². The molecule has 0 fully saturated rings. The minimum atomic E-state index is -0.493. The molecule has 2 amide bonds. The monoisotopic (exact) mass is 332 g/mol. The number of halogens is 1. The largest absolute Gasteiger partial charge is 0.369 e. The highest BCUT2D eigenvalue weighted by Crippen LogP contribution is 2.08. The molecule has 0 aliphatic carbocycles. The number of benzene rings is 1. The fourth-order valence-corrected chi connectivity index (χ4v) is 2.41. The summed E-state index contributed by atoms with van der Waals surface area (Å²) in [4.78, 5) is 23.5. The second-order valence-corrected chi connectivity index (χ2v) is 5.76. The predicted octanol–water partition coefficient (Wildman–Crippen LogP) is 0.952. The summed E-state index contributed by atoms with van der Waals surface area (Å²) >= 11 is 0. The van der Waals surface area contributed by atoms with Crippen LogP contribution < -0.4 is 11.1 Å². The smallest absolute Gasteiger partial charge is 0.222 e. The summed E-state index contributed by atoms with van der Waals surface area (Å²) in [6, 6.07) is 6.14. The van der Waals surface area contributed by atoms with Crippen molar-refractivity contribution < 1.29 is 14.0 Å². The summed E-state index contributed by atoms with van der Waals surface area (Å²) in [7, 11) is 1.79. The molecule has 128 valence electrons. The van der Waals surface area contributed by atoms with Gasteiger partial charge in [-0.25, -0.2) is 4.39 Å². The Morgan fingerprint density at radius 3 is 2.79 bits per heavy atom. The van der Waals surface area contributed by atoms with Crippen molar-refractivity contribution >= 4 is 11.8 Å². The Hall–Kier alpha value is -2.70. The van der Waals surface area contributed by atoms with Gasteiger partial charge in [0.05, 0.1) is 12.1 Å². The Labute approximate surface area is 139 Å². The van der Waals surface area contributed by atoms with Gasteiger partial charge in [-0.3, -0.25) is 14.3 Å². The molecule has 0 aliphatic heterocycles. The second-order valence-electron chi connectivity index (χ2n) is 5.76. The van der Waals surface area contributed by atoms with Crippen molar-refractivity contribution in [2.75, 3.05) is 6.54 Å². The number of nitrogens with zero attached hydrogens (tertiary/aromatic N) is 2. The molecule has 0 saturated heterocycles. The van der Waals surface area contributed by atoms with Crippen molar-refractivity contribution in [3.63, 3.8) is 0 Å². The Balaban J connectivity index is 1.80. The van der Waals surface area contributed by atoms with Gasteiger partial charge in [0.1, 0.15) is 5.82 Å². The molecule has 0 aliphatic rings. The van der Waals surface area contributed by atoms with Crippen molar-refractivity contribution in [1.29, 1.82) is 0 Å². The molecule has 3 N–H and O–H groups in total. The van der Waals surface area contributed by atoms with E-state index < -0.39 is 11.8 Å². The Kier molecular flexibility index (Phi) is 6.06. The van der Waals surface area contributed by atoms with Crippen LogP contribution in [-0.2, 0) is 29.5 Å². The van der Waals surface area contributed by atoms with Crippen LogP contribution in [0.4, 0.5) is 4.39 Å². The van der Waals surface area contributed by atoms with Gasteiger partial charge in [0.25, 0.3) is 0 Å². The second kappa shape index (κ2) is 8.24. The summed E-state index contributed by atoms with van der Waals surface area (Å²) in [5, 5.41) is 6.76. The molecule has 0 spiro atoms. The molecule has 1 heterocycles. The maximum Gasteiger partial charge on any atom is 0.222 e. The molecule has 1 atom stereocenters. The van der Waals surface area contributed by atoms with Crippen molar-refractivity contribution in [2.45, 2.75) is 19.3 Å². The minimum absolute atomic E-state index is 0.173. The molecule has 1 unspecified atom stereocenters. The maximum absolute atomic E-state index is 13.1. The first kappa shape index (κ1) is 17.7. The molecule has 2 rings (SSSR count). The van der Waals surface area contributed by atoms with E-state index in [1.54, 1.807) is 30.1 Å². The number of nitrogens with two attached hydrogens (primary N) is 1. The van der Waals surface area contributed by atoms with Crippen molar-refractivity contribution in [3.8, 4) is 0 Å². The average Bonchev–Trinajstić information content (AvgIpc) is 2.94. The van der Waals surface area contributed by atoms with Crippen LogP contribution in [0.25, 0.3) is 0 Å². The molecule has 1 aromatic carbocycles. The standard InChI is InChI=1S/C17H21FN4O2/c1-22-11-13(9-21-22)7-14(17(19)24)10-20-16(23)6-5-12-3-2-4-15(18)8-12/h2-4,8-9,11,14H,5-7,10H2,1H3,(H2,19,24)(H,20,23). The number of hydrogen-bond acceptors (Lipinski definition) is 3. The van der Waals surface area contributed by atoms with Gasteiger partial charge in [-0.1, -0.05) is 12.1 Å². The number of aromatic nitrogens is 2. The van der Waals surface area contributed by atoms with E-state index in [4.69, 9.17) is 5.73 Å². The van der Waals surface area contributed by atoms with Gasteiger partial charge in [-0.15, -0.1) is 0 Å². The van der Waals surface area contributed by atoms with Crippen LogP contribution in [-0.4, -0.2) is 28.1 Å². The lowest BCUT2D eigenvalue weighted by Gasteiger charge is -2.13. The summed E-state index contributed by atoms with van der Waals surface area (Å²) in [5.41, 5.74) is 7.04. The molecular weight excluding hydrogens is 311 g/mol. The summed E-state index contributed by atoms with van der Waals surface area (Å²) in [5.74, 6) is -1.48. The quantitative estimate of drug-likeness (QED) is 0.754. The van der Waals surface area contributed by atoms with Crippen LogP contribution >= 0.6 is 0 Å². The van der Waals surface area contributed by atoms with Gasteiger partial charge in [-0.05, 0) is 36.1 Å². The van der Waals surface area contributed by atoms with Crippen LogP contribution in [0.15, 0.2) is 36.7 Å². The van der Waals surface area contributed by atoms with E-state index in [2.05, 4.69) is 10.4 Å². The highest BCUT2D eigenvalue weighted by molar-refractivity contribution is 5.80. The van der Waals surface area contributed by atoms with Gasteiger partial charge in [0.15, 0.2) is 0 Å². The molecule has 0 bridgehead atoms. The van der Waals surface area contributed by atoms with E-state index >= 15 is 0 Å². The average molecular weight is 332 g/mol.